The Morgan fingerprint density at radius 3 is 1.54 bits per heavy atom. The zero-order chi connectivity index (χ0) is 34.2. The lowest BCUT2D eigenvalue weighted by atomic mass is 10.0. The summed E-state index contributed by atoms with van der Waals surface area (Å²) in [5, 5.41) is 9.43. The first kappa shape index (κ1) is 28.7. The second-order valence-electron chi connectivity index (χ2n) is 13.2. The molecule has 0 aliphatic heterocycles. The highest BCUT2D eigenvalue weighted by Gasteiger charge is 2.20. The third kappa shape index (κ3) is 4.39. The Bertz CT molecular complexity index is 3100. The van der Waals surface area contributed by atoms with Crippen LogP contribution in [0.4, 0.5) is 0 Å². The molecule has 0 unspecified atom stereocenters. The third-order valence-corrected chi connectivity index (χ3v) is 10.2. The summed E-state index contributed by atoms with van der Waals surface area (Å²) in [6, 6.07) is 59.1. The van der Waals surface area contributed by atoms with Gasteiger partial charge in [0.05, 0.1) is 11.0 Å². The minimum Gasteiger partial charge on any atom is -0.456 e. The minimum absolute atomic E-state index is 0.630. The summed E-state index contributed by atoms with van der Waals surface area (Å²) in [5.74, 6) is 1.92. The Kier molecular flexibility index (Phi) is 6.18. The van der Waals surface area contributed by atoms with Crippen molar-refractivity contribution in [3.8, 4) is 39.9 Å². The first-order valence-electron chi connectivity index (χ1n) is 17.4. The van der Waals surface area contributed by atoms with Crippen LogP contribution in [0.5, 0.6) is 0 Å². The number of nitrogens with zero attached hydrogens (tertiary/aromatic N) is 4. The van der Waals surface area contributed by atoms with E-state index < -0.39 is 0 Å². The van der Waals surface area contributed by atoms with Crippen molar-refractivity contribution >= 4 is 65.3 Å². The molecule has 0 amide bonds. The minimum atomic E-state index is 0.630. The van der Waals surface area contributed by atoms with Crippen molar-refractivity contribution in [3.63, 3.8) is 0 Å². The van der Waals surface area contributed by atoms with Crippen LogP contribution in [0.1, 0.15) is 0 Å². The number of hydrogen-bond donors (Lipinski definition) is 0. The number of fused-ring (bicyclic) bond motifs is 10. The molecule has 0 radical (unpaired) electrons. The van der Waals surface area contributed by atoms with E-state index in [0.29, 0.717) is 17.5 Å². The van der Waals surface area contributed by atoms with Gasteiger partial charge in [-0.1, -0.05) is 121 Å². The van der Waals surface area contributed by atoms with Gasteiger partial charge in [-0.05, 0) is 70.1 Å². The highest BCUT2D eigenvalue weighted by molar-refractivity contribution is 6.26. The van der Waals surface area contributed by atoms with Crippen LogP contribution in [0.15, 0.2) is 174 Å². The van der Waals surface area contributed by atoms with E-state index >= 15 is 0 Å². The van der Waals surface area contributed by atoms with Crippen molar-refractivity contribution in [2.24, 2.45) is 0 Å². The molecule has 0 atom stereocenters. The van der Waals surface area contributed by atoms with Gasteiger partial charge >= 0.3 is 0 Å². The Labute approximate surface area is 298 Å². The van der Waals surface area contributed by atoms with E-state index in [4.69, 9.17) is 19.4 Å². The van der Waals surface area contributed by atoms with E-state index in [2.05, 4.69) is 114 Å². The van der Waals surface area contributed by atoms with Gasteiger partial charge in [-0.15, -0.1) is 0 Å². The van der Waals surface area contributed by atoms with Crippen LogP contribution in [0, 0.1) is 0 Å². The SMILES string of the molecule is c1ccc(-c2nc(-c3ccccc3)nc(-c3ccc(-n4c5cc6c(cc5c5c7ccccc7ccc54)oc4ccc5ccccc5c46)cc3)n2)cc1. The van der Waals surface area contributed by atoms with Gasteiger partial charge in [0, 0.05) is 43.9 Å². The zero-order valence-electron chi connectivity index (χ0n) is 27.9. The highest BCUT2D eigenvalue weighted by atomic mass is 16.3. The molecule has 242 valence electrons. The molecule has 0 fully saturated rings. The number of hydrogen-bond acceptors (Lipinski definition) is 4. The highest BCUT2D eigenvalue weighted by Crippen LogP contribution is 2.42. The van der Waals surface area contributed by atoms with Gasteiger partial charge in [0.1, 0.15) is 11.2 Å². The van der Waals surface area contributed by atoms with Gasteiger partial charge in [-0.3, -0.25) is 0 Å². The Morgan fingerprint density at radius 2 is 0.904 bits per heavy atom. The van der Waals surface area contributed by atoms with Crippen molar-refractivity contribution in [1.82, 2.24) is 19.5 Å². The van der Waals surface area contributed by atoms with Gasteiger partial charge in [0.2, 0.25) is 0 Å². The second kappa shape index (κ2) is 11.2. The molecule has 8 aromatic carbocycles. The molecule has 5 heteroatoms. The van der Waals surface area contributed by atoms with Gasteiger partial charge in [-0.25, -0.2) is 15.0 Å². The molecule has 0 bridgehead atoms. The van der Waals surface area contributed by atoms with Crippen LogP contribution in [0.25, 0.3) is 105 Å². The summed E-state index contributed by atoms with van der Waals surface area (Å²) >= 11 is 0. The van der Waals surface area contributed by atoms with Crippen molar-refractivity contribution in [1.29, 1.82) is 0 Å². The number of benzene rings is 8. The summed E-state index contributed by atoms with van der Waals surface area (Å²) in [5.41, 5.74) is 7.92. The summed E-state index contributed by atoms with van der Waals surface area (Å²) in [6.07, 6.45) is 0. The van der Waals surface area contributed by atoms with Gasteiger partial charge in [-0.2, -0.15) is 0 Å². The van der Waals surface area contributed by atoms with Crippen LogP contribution in [0.2, 0.25) is 0 Å². The molecule has 11 aromatic rings. The zero-order valence-corrected chi connectivity index (χ0v) is 27.9. The smallest absolute Gasteiger partial charge is 0.164 e. The van der Waals surface area contributed by atoms with E-state index in [1.807, 2.05) is 60.7 Å². The molecule has 52 heavy (non-hydrogen) atoms. The third-order valence-electron chi connectivity index (χ3n) is 10.2. The van der Waals surface area contributed by atoms with Crippen molar-refractivity contribution in [2.45, 2.75) is 0 Å². The topological polar surface area (TPSA) is 56.7 Å². The molecule has 3 aromatic heterocycles. The average molecular weight is 665 g/mol. The number of aromatic nitrogens is 4. The molecule has 0 saturated carbocycles. The summed E-state index contributed by atoms with van der Waals surface area (Å²) < 4.78 is 8.94. The maximum atomic E-state index is 6.56. The predicted octanol–water partition coefficient (Wildman–Crippen LogP) is 12.2. The first-order chi connectivity index (χ1) is 25.8. The molecule has 0 aliphatic rings. The van der Waals surface area contributed by atoms with Crippen molar-refractivity contribution in [3.05, 3.63) is 170 Å². The lowest BCUT2D eigenvalue weighted by molar-refractivity contribution is 0.670. The number of rotatable bonds is 4. The molecular formula is C47H28N4O. The Balaban J connectivity index is 1.14. The van der Waals surface area contributed by atoms with E-state index in [-0.39, 0.29) is 0 Å². The maximum absolute atomic E-state index is 6.56. The fourth-order valence-corrected chi connectivity index (χ4v) is 7.80. The van der Waals surface area contributed by atoms with E-state index in [0.717, 1.165) is 60.7 Å². The normalized spacial score (nSPS) is 11.8. The maximum Gasteiger partial charge on any atom is 0.164 e. The summed E-state index contributed by atoms with van der Waals surface area (Å²) in [6.45, 7) is 0. The Morgan fingerprint density at radius 1 is 0.365 bits per heavy atom. The first-order valence-corrected chi connectivity index (χ1v) is 17.4. The molecule has 11 rings (SSSR count). The van der Waals surface area contributed by atoms with E-state index in [1.54, 1.807) is 0 Å². The standard InChI is InChI=1S/C47H28N4O/c1-3-13-31(14-4-1)45-48-46(32-15-5-2-6-16-32)50-47(49-45)33-19-23-34(24-20-33)51-39-25-21-29-11-7-9-17-35(29)43(39)37-28-42-38(27-40(37)51)44-36-18-10-8-12-30(36)22-26-41(44)52-42/h1-28H. The van der Waals surface area contributed by atoms with Gasteiger partial charge < -0.3 is 8.98 Å². The molecule has 0 spiro atoms. The average Bonchev–Trinajstić information content (AvgIpc) is 3.75. The van der Waals surface area contributed by atoms with Crippen LogP contribution >= 0.6 is 0 Å². The summed E-state index contributed by atoms with van der Waals surface area (Å²) in [4.78, 5) is 14.8. The fraction of sp³-hybridized carbons (Fsp3) is 0. The molecule has 0 N–H and O–H groups in total. The van der Waals surface area contributed by atoms with E-state index in [9.17, 15) is 0 Å². The van der Waals surface area contributed by atoms with Crippen LogP contribution < -0.4 is 0 Å². The van der Waals surface area contributed by atoms with E-state index in [1.165, 1.54) is 26.9 Å². The van der Waals surface area contributed by atoms with Crippen LogP contribution in [-0.4, -0.2) is 19.5 Å². The number of furan rings is 1. The quantitative estimate of drug-likeness (QED) is 0.188. The van der Waals surface area contributed by atoms with Crippen molar-refractivity contribution < 1.29 is 4.42 Å². The molecular weight excluding hydrogens is 637 g/mol. The largest absolute Gasteiger partial charge is 0.456 e. The Hall–Kier alpha value is -7.11. The van der Waals surface area contributed by atoms with Crippen LogP contribution in [0.3, 0.4) is 0 Å². The molecule has 5 nitrogen and oxygen atoms in total. The lowest BCUT2D eigenvalue weighted by Gasteiger charge is -2.11. The van der Waals surface area contributed by atoms with Crippen molar-refractivity contribution in [2.75, 3.05) is 0 Å². The molecule has 3 heterocycles. The second-order valence-corrected chi connectivity index (χ2v) is 13.2. The fourth-order valence-electron chi connectivity index (χ4n) is 7.80. The van der Waals surface area contributed by atoms with Gasteiger partial charge in [0.25, 0.3) is 0 Å². The molecule has 0 aliphatic carbocycles. The molecule has 0 saturated heterocycles. The van der Waals surface area contributed by atoms with Gasteiger partial charge in [0.15, 0.2) is 17.5 Å². The lowest BCUT2D eigenvalue weighted by Crippen LogP contribution is -2.00. The van der Waals surface area contributed by atoms with Crippen LogP contribution in [-0.2, 0) is 0 Å². The summed E-state index contributed by atoms with van der Waals surface area (Å²) in [7, 11) is 0. The predicted molar refractivity (Wildman–Crippen MR) is 213 cm³/mol. The monoisotopic (exact) mass is 664 g/mol.